The molecule has 0 radical (unpaired) electrons. The van der Waals surface area contributed by atoms with Crippen molar-refractivity contribution in [3.8, 4) is 0 Å². The van der Waals surface area contributed by atoms with Gasteiger partial charge in [0.2, 0.25) is 0 Å². The van der Waals surface area contributed by atoms with E-state index in [9.17, 15) is 14.4 Å². The van der Waals surface area contributed by atoms with Crippen molar-refractivity contribution >= 4 is 17.9 Å². The molecule has 0 aliphatic carbocycles. The molecule has 6 heteroatoms. The van der Waals surface area contributed by atoms with E-state index in [1.165, 1.54) is 116 Å². The van der Waals surface area contributed by atoms with Gasteiger partial charge in [-0.25, -0.2) is 0 Å². The largest absolute Gasteiger partial charge is 0.462 e. The Balaban J connectivity index is 4.34. The van der Waals surface area contributed by atoms with E-state index in [1.54, 1.807) is 0 Å². The van der Waals surface area contributed by atoms with Gasteiger partial charge in [-0.15, -0.1) is 0 Å². The van der Waals surface area contributed by atoms with Gasteiger partial charge in [-0.1, -0.05) is 216 Å². The maximum atomic E-state index is 12.8. The average molecular weight is 865 g/mol. The number of carbonyl (C=O) groups excluding carboxylic acids is 3. The second-order valence-corrected chi connectivity index (χ2v) is 17.1. The predicted octanol–water partition coefficient (Wildman–Crippen LogP) is 17.0. The summed E-state index contributed by atoms with van der Waals surface area (Å²) < 4.78 is 16.8. The van der Waals surface area contributed by atoms with Gasteiger partial charge in [0, 0.05) is 19.3 Å². The van der Waals surface area contributed by atoms with Crippen LogP contribution in [-0.2, 0) is 28.6 Å². The average Bonchev–Trinajstić information content (AvgIpc) is 3.27. The fourth-order valence-corrected chi connectivity index (χ4v) is 7.06. The molecule has 6 nitrogen and oxygen atoms in total. The summed E-state index contributed by atoms with van der Waals surface area (Å²) in [6.45, 7) is 6.42. The summed E-state index contributed by atoms with van der Waals surface area (Å²) in [5.74, 6) is -0.914. The van der Waals surface area contributed by atoms with Gasteiger partial charge < -0.3 is 14.2 Å². The molecule has 0 saturated heterocycles. The zero-order valence-corrected chi connectivity index (χ0v) is 40.6. The molecule has 0 aromatic rings. The van der Waals surface area contributed by atoms with Crippen molar-refractivity contribution in [2.75, 3.05) is 13.2 Å². The quantitative estimate of drug-likeness (QED) is 0.0199. The van der Waals surface area contributed by atoms with Crippen LogP contribution in [0.4, 0.5) is 0 Å². The van der Waals surface area contributed by atoms with Gasteiger partial charge >= 0.3 is 17.9 Å². The van der Waals surface area contributed by atoms with Crippen LogP contribution in [0, 0.1) is 0 Å². The molecule has 0 heterocycles. The van der Waals surface area contributed by atoms with Crippen LogP contribution < -0.4 is 0 Å². The lowest BCUT2D eigenvalue weighted by molar-refractivity contribution is -0.167. The Kier molecular flexibility index (Phi) is 47.9. The number of unbranched alkanes of at least 4 members (excludes halogenated alkanes) is 26. The van der Waals surface area contributed by atoms with Crippen molar-refractivity contribution in [1.29, 1.82) is 0 Å². The number of esters is 3. The van der Waals surface area contributed by atoms with E-state index < -0.39 is 6.10 Å². The standard InChI is InChI=1S/C56H96O6/c1-4-7-10-13-16-19-22-24-26-27-28-29-31-32-34-37-40-43-46-49-55(58)61-52-53(51-60-54(57)48-45-42-39-36-21-18-15-12-9-6-3)62-56(59)50-47-44-41-38-35-33-30-25-23-20-17-14-11-8-5-2/h8,11,14-20,22-24,53H,4-7,9-10,12-13,21,25-52H2,1-3H3/b11-8-,17-14-,18-15-,19-16-,23-20-,24-22-. The van der Waals surface area contributed by atoms with E-state index in [-0.39, 0.29) is 31.1 Å². The molecule has 0 bridgehead atoms. The molecule has 0 amide bonds. The molecule has 0 aliphatic rings. The number of allylic oxidation sites excluding steroid dienone is 12. The van der Waals surface area contributed by atoms with Gasteiger partial charge in [-0.3, -0.25) is 14.4 Å². The van der Waals surface area contributed by atoms with Crippen LogP contribution >= 0.6 is 0 Å². The van der Waals surface area contributed by atoms with Crippen LogP contribution in [0.25, 0.3) is 0 Å². The molecule has 62 heavy (non-hydrogen) atoms. The van der Waals surface area contributed by atoms with Crippen molar-refractivity contribution < 1.29 is 28.6 Å². The zero-order valence-electron chi connectivity index (χ0n) is 40.6. The summed E-state index contributed by atoms with van der Waals surface area (Å²) in [6, 6.07) is 0. The third-order valence-corrected chi connectivity index (χ3v) is 11.0. The Morgan fingerprint density at radius 3 is 1.08 bits per heavy atom. The summed E-state index contributed by atoms with van der Waals surface area (Å²) >= 11 is 0. The smallest absolute Gasteiger partial charge is 0.306 e. The maximum Gasteiger partial charge on any atom is 0.306 e. The first kappa shape index (κ1) is 58.9. The summed E-state index contributed by atoms with van der Waals surface area (Å²) in [6.07, 6.45) is 63.1. The van der Waals surface area contributed by atoms with Gasteiger partial charge in [0.1, 0.15) is 13.2 Å². The molecule has 0 saturated carbocycles. The minimum absolute atomic E-state index is 0.0858. The van der Waals surface area contributed by atoms with Crippen molar-refractivity contribution in [2.45, 2.75) is 252 Å². The second kappa shape index (κ2) is 50.5. The van der Waals surface area contributed by atoms with Gasteiger partial charge in [0.05, 0.1) is 0 Å². The number of ether oxygens (including phenoxy) is 3. The Morgan fingerprint density at radius 2 is 0.661 bits per heavy atom. The molecule has 1 unspecified atom stereocenters. The topological polar surface area (TPSA) is 78.9 Å². The molecule has 0 fully saturated rings. The van der Waals surface area contributed by atoms with Gasteiger partial charge in [0.25, 0.3) is 0 Å². The molecule has 356 valence electrons. The van der Waals surface area contributed by atoms with Crippen molar-refractivity contribution in [3.63, 3.8) is 0 Å². The van der Waals surface area contributed by atoms with Crippen LogP contribution in [0.2, 0.25) is 0 Å². The summed E-state index contributed by atoms with van der Waals surface area (Å²) in [5, 5.41) is 0. The van der Waals surface area contributed by atoms with Crippen molar-refractivity contribution in [1.82, 2.24) is 0 Å². The van der Waals surface area contributed by atoms with E-state index >= 15 is 0 Å². The molecule has 1 atom stereocenters. The molecule has 0 aromatic heterocycles. The minimum atomic E-state index is -0.786. The normalized spacial score (nSPS) is 12.6. The lowest BCUT2D eigenvalue weighted by Gasteiger charge is -2.18. The summed E-state index contributed by atoms with van der Waals surface area (Å²) in [7, 11) is 0. The van der Waals surface area contributed by atoms with Gasteiger partial charge in [-0.2, -0.15) is 0 Å². The van der Waals surface area contributed by atoms with E-state index in [4.69, 9.17) is 14.2 Å². The number of carbonyl (C=O) groups is 3. The highest BCUT2D eigenvalue weighted by atomic mass is 16.6. The third-order valence-electron chi connectivity index (χ3n) is 11.0. The highest BCUT2D eigenvalue weighted by Crippen LogP contribution is 2.15. The molecule has 0 spiro atoms. The number of rotatable bonds is 46. The first-order valence-electron chi connectivity index (χ1n) is 26.0. The monoisotopic (exact) mass is 865 g/mol. The third kappa shape index (κ3) is 47.9. The molecular weight excluding hydrogens is 769 g/mol. The summed E-state index contributed by atoms with van der Waals surface area (Å²) in [4.78, 5) is 37.9. The first-order chi connectivity index (χ1) is 30.5. The maximum absolute atomic E-state index is 12.8. The fourth-order valence-electron chi connectivity index (χ4n) is 7.06. The highest BCUT2D eigenvalue weighted by Gasteiger charge is 2.19. The van der Waals surface area contributed by atoms with Crippen LogP contribution in [-0.4, -0.2) is 37.2 Å². The summed E-state index contributed by atoms with van der Waals surface area (Å²) in [5.41, 5.74) is 0. The van der Waals surface area contributed by atoms with Crippen molar-refractivity contribution in [3.05, 3.63) is 72.9 Å². The molecular formula is C56H96O6. The van der Waals surface area contributed by atoms with Gasteiger partial charge in [-0.05, 0) is 83.5 Å². The molecule has 0 rings (SSSR count). The van der Waals surface area contributed by atoms with E-state index in [0.29, 0.717) is 19.3 Å². The Bertz CT molecular complexity index is 1180. The molecule has 0 N–H and O–H groups in total. The number of hydrogen-bond donors (Lipinski definition) is 0. The minimum Gasteiger partial charge on any atom is -0.462 e. The Morgan fingerprint density at radius 1 is 0.339 bits per heavy atom. The second-order valence-electron chi connectivity index (χ2n) is 17.1. The lowest BCUT2D eigenvalue weighted by Crippen LogP contribution is -2.30. The van der Waals surface area contributed by atoms with Crippen LogP contribution in [0.3, 0.4) is 0 Å². The first-order valence-corrected chi connectivity index (χ1v) is 26.0. The fraction of sp³-hybridized carbons (Fsp3) is 0.732. The predicted molar refractivity (Wildman–Crippen MR) is 265 cm³/mol. The SMILES string of the molecule is CC\C=C/C=C\C=C/CCCCCCCCCC(=O)OC(COC(=O)CCCCCC/C=C\CCCC)COC(=O)CCCCCCCCCCCC/C=C\C=C/CCCCC. The highest BCUT2D eigenvalue weighted by molar-refractivity contribution is 5.71. The van der Waals surface area contributed by atoms with Crippen LogP contribution in [0.1, 0.15) is 245 Å². The molecule has 0 aromatic carbocycles. The zero-order chi connectivity index (χ0) is 45.1. The van der Waals surface area contributed by atoms with E-state index in [2.05, 4.69) is 93.7 Å². The van der Waals surface area contributed by atoms with Crippen molar-refractivity contribution in [2.24, 2.45) is 0 Å². The van der Waals surface area contributed by atoms with Gasteiger partial charge in [0.15, 0.2) is 6.10 Å². The van der Waals surface area contributed by atoms with Crippen LogP contribution in [0.15, 0.2) is 72.9 Å². The van der Waals surface area contributed by atoms with E-state index in [0.717, 1.165) is 89.9 Å². The molecule has 0 aliphatic heterocycles. The Hall–Kier alpha value is -3.15. The lowest BCUT2D eigenvalue weighted by atomic mass is 10.1. The van der Waals surface area contributed by atoms with E-state index in [1.807, 2.05) is 0 Å². The van der Waals surface area contributed by atoms with Crippen LogP contribution in [0.5, 0.6) is 0 Å². The Labute approximate surface area is 382 Å². The number of hydrogen-bond acceptors (Lipinski definition) is 6.